The van der Waals surface area contributed by atoms with Gasteiger partial charge in [-0.3, -0.25) is 19.7 Å². The van der Waals surface area contributed by atoms with E-state index in [-0.39, 0.29) is 17.0 Å². The van der Waals surface area contributed by atoms with Gasteiger partial charge in [-0.05, 0) is 12.8 Å². The number of aromatic amines is 1. The van der Waals surface area contributed by atoms with Crippen molar-refractivity contribution in [2.45, 2.75) is 66.8 Å². The topological polar surface area (TPSA) is 73.8 Å². The molecule has 1 N–H and O–H groups in total. The summed E-state index contributed by atoms with van der Waals surface area (Å²) in [6.45, 7) is 19.2. The molecule has 3 rings (SSSR count). The van der Waals surface area contributed by atoms with Gasteiger partial charge in [0.05, 0.1) is 30.7 Å². The lowest BCUT2D eigenvalue weighted by atomic mass is 9.83. The van der Waals surface area contributed by atoms with Crippen LogP contribution in [0.1, 0.15) is 65.6 Å². The summed E-state index contributed by atoms with van der Waals surface area (Å²) in [5.74, 6) is 1.26. The van der Waals surface area contributed by atoms with E-state index in [0.717, 1.165) is 75.7 Å². The third-order valence-corrected chi connectivity index (χ3v) is 6.51. The Morgan fingerprint density at radius 2 is 1.90 bits per heavy atom. The lowest BCUT2D eigenvalue weighted by Gasteiger charge is -2.33. The lowest BCUT2D eigenvalue weighted by molar-refractivity contribution is 0.0390. The summed E-state index contributed by atoms with van der Waals surface area (Å²) < 4.78 is 5.49. The molecule has 0 spiro atoms. The van der Waals surface area contributed by atoms with Crippen LogP contribution >= 0.6 is 0 Å². The molecule has 0 aliphatic carbocycles. The van der Waals surface area contributed by atoms with E-state index in [9.17, 15) is 4.79 Å². The molecule has 7 heteroatoms. The zero-order valence-electron chi connectivity index (χ0n) is 20.3. The Balaban J connectivity index is 1.94. The lowest BCUT2D eigenvalue weighted by Crippen LogP contribution is -2.44. The number of hydrogen-bond acceptors (Lipinski definition) is 6. The predicted octanol–water partition coefficient (Wildman–Crippen LogP) is 3.12. The minimum Gasteiger partial charge on any atom is -0.379 e. The van der Waals surface area contributed by atoms with Gasteiger partial charge in [0.15, 0.2) is 0 Å². The highest BCUT2D eigenvalue weighted by molar-refractivity contribution is 6.04. The molecule has 1 saturated heterocycles. The maximum atomic E-state index is 13.1. The van der Waals surface area contributed by atoms with Gasteiger partial charge in [0.25, 0.3) is 5.56 Å². The molecular weight excluding hydrogens is 390 g/mol. The predicted molar refractivity (Wildman–Crippen MR) is 128 cm³/mol. The molecule has 1 atom stereocenters. The van der Waals surface area contributed by atoms with Crippen LogP contribution in [0.3, 0.4) is 0 Å². The molecule has 1 unspecified atom stereocenters. The second-order valence-corrected chi connectivity index (χ2v) is 10.1. The van der Waals surface area contributed by atoms with Crippen molar-refractivity contribution in [1.29, 1.82) is 0 Å². The Hall–Kier alpha value is -1.73. The molecular formula is C24H41N5O2. The fraction of sp³-hybridized carbons (Fsp3) is 0.792. The summed E-state index contributed by atoms with van der Waals surface area (Å²) in [6.07, 6.45) is 2.88. The van der Waals surface area contributed by atoms with Crippen molar-refractivity contribution in [3.8, 4) is 0 Å². The molecule has 0 radical (unpaired) electrons. The number of nitrogens with zero attached hydrogens (tertiary/aromatic N) is 4. The van der Waals surface area contributed by atoms with Crippen LogP contribution in [0.5, 0.6) is 0 Å². The summed E-state index contributed by atoms with van der Waals surface area (Å²) >= 11 is 0. The quantitative estimate of drug-likeness (QED) is 0.685. The van der Waals surface area contributed by atoms with E-state index < -0.39 is 0 Å². The SMILES string of the molecule is CCC(CC)CN(CCN1CCOCC1)c1nc2c(c(=O)[nH]1)CC(C)N=C2C(C)(C)C. The first-order chi connectivity index (χ1) is 14.7. The van der Waals surface area contributed by atoms with Gasteiger partial charge in [-0.1, -0.05) is 47.5 Å². The van der Waals surface area contributed by atoms with E-state index in [1.54, 1.807) is 0 Å². The van der Waals surface area contributed by atoms with Crippen LogP contribution in [0.4, 0.5) is 5.95 Å². The summed E-state index contributed by atoms with van der Waals surface area (Å²) in [7, 11) is 0. The molecule has 0 saturated carbocycles. The highest BCUT2D eigenvalue weighted by Crippen LogP contribution is 2.28. The van der Waals surface area contributed by atoms with Crippen molar-refractivity contribution < 1.29 is 4.74 Å². The molecule has 1 aromatic heterocycles. The highest BCUT2D eigenvalue weighted by atomic mass is 16.5. The monoisotopic (exact) mass is 431 g/mol. The first-order valence-corrected chi connectivity index (χ1v) is 12.0. The number of fused-ring (bicyclic) bond motifs is 1. The van der Waals surface area contributed by atoms with Crippen molar-refractivity contribution in [2.75, 3.05) is 50.8 Å². The maximum absolute atomic E-state index is 13.1. The number of aliphatic imine (C=N–C) groups is 1. The van der Waals surface area contributed by atoms with Gasteiger partial charge in [0.2, 0.25) is 5.95 Å². The third-order valence-electron chi connectivity index (χ3n) is 6.51. The van der Waals surface area contributed by atoms with Crippen LogP contribution in [0.25, 0.3) is 0 Å². The van der Waals surface area contributed by atoms with Crippen molar-refractivity contribution >= 4 is 11.7 Å². The van der Waals surface area contributed by atoms with E-state index >= 15 is 0 Å². The molecule has 31 heavy (non-hydrogen) atoms. The van der Waals surface area contributed by atoms with Crippen LogP contribution < -0.4 is 10.5 Å². The summed E-state index contributed by atoms with van der Waals surface area (Å²) in [5, 5.41) is 0. The first-order valence-electron chi connectivity index (χ1n) is 12.0. The van der Waals surface area contributed by atoms with Crippen molar-refractivity contribution in [1.82, 2.24) is 14.9 Å². The van der Waals surface area contributed by atoms with Crippen LogP contribution in [-0.4, -0.2) is 72.6 Å². The third kappa shape index (κ3) is 5.95. The van der Waals surface area contributed by atoms with Crippen molar-refractivity contribution in [3.05, 3.63) is 21.6 Å². The van der Waals surface area contributed by atoms with Gasteiger partial charge >= 0.3 is 0 Å². The highest BCUT2D eigenvalue weighted by Gasteiger charge is 2.31. The molecule has 0 aromatic carbocycles. The molecule has 3 heterocycles. The number of rotatable bonds is 8. The standard InChI is InChI=1S/C24H41N5O2/c1-7-18(8-2)16-29(10-9-28-11-13-31-14-12-28)23-26-20-19(22(30)27-23)15-17(3)25-21(20)24(4,5)6/h17-18H,7-16H2,1-6H3,(H,26,27,30). The number of H-pyrrole nitrogens is 1. The summed E-state index contributed by atoms with van der Waals surface area (Å²) in [5.41, 5.74) is 2.36. The molecule has 1 fully saturated rings. The van der Waals surface area contributed by atoms with Gasteiger partial charge < -0.3 is 9.64 Å². The van der Waals surface area contributed by atoms with E-state index in [2.05, 4.69) is 56.3 Å². The average molecular weight is 432 g/mol. The Morgan fingerprint density at radius 3 is 2.52 bits per heavy atom. The molecule has 2 aliphatic heterocycles. The molecule has 0 amide bonds. The van der Waals surface area contributed by atoms with Crippen LogP contribution in [0, 0.1) is 11.3 Å². The molecule has 174 valence electrons. The molecule has 7 nitrogen and oxygen atoms in total. The van der Waals surface area contributed by atoms with Gasteiger partial charge in [-0.2, -0.15) is 0 Å². The smallest absolute Gasteiger partial charge is 0.256 e. The summed E-state index contributed by atoms with van der Waals surface area (Å²) in [6, 6.07) is 0.109. The van der Waals surface area contributed by atoms with Gasteiger partial charge in [-0.15, -0.1) is 0 Å². The van der Waals surface area contributed by atoms with E-state index in [1.165, 1.54) is 0 Å². The Morgan fingerprint density at radius 1 is 1.23 bits per heavy atom. The number of aromatic nitrogens is 2. The fourth-order valence-electron chi connectivity index (χ4n) is 4.42. The van der Waals surface area contributed by atoms with Crippen molar-refractivity contribution in [2.24, 2.45) is 16.3 Å². The number of ether oxygens (including phenoxy) is 1. The number of anilines is 1. The maximum Gasteiger partial charge on any atom is 0.256 e. The second kappa shape index (κ2) is 10.3. The van der Waals surface area contributed by atoms with Gasteiger partial charge in [-0.25, -0.2) is 4.98 Å². The largest absolute Gasteiger partial charge is 0.379 e. The average Bonchev–Trinajstić information content (AvgIpc) is 2.74. The zero-order chi connectivity index (χ0) is 22.6. The van der Waals surface area contributed by atoms with E-state index in [1.807, 2.05) is 0 Å². The molecule has 0 bridgehead atoms. The fourth-order valence-corrected chi connectivity index (χ4v) is 4.42. The summed E-state index contributed by atoms with van der Waals surface area (Å²) in [4.78, 5) is 30.9. The van der Waals surface area contributed by atoms with Gasteiger partial charge in [0, 0.05) is 50.1 Å². The van der Waals surface area contributed by atoms with Crippen LogP contribution in [-0.2, 0) is 11.2 Å². The van der Waals surface area contributed by atoms with E-state index in [0.29, 0.717) is 18.3 Å². The van der Waals surface area contributed by atoms with Gasteiger partial charge in [0.1, 0.15) is 0 Å². The Kier molecular flexibility index (Phi) is 7.92. The van der Waals surface area contributed by atoms with Crippen LogP contribution in [0.2, 0.25) is 0 Å². The normalized spacial score (nSPS) is 20.0. The zero-order valence-corrected chi connectivity index (χ0v) is 20.3. The Bertz CT molecular complexity index is 816. The van der Waals surface area contributed by atoms with Crippen LogP contribution in [0.15, 0.2) is 9.79 Å². The van der Waals surface area contributed by atoms with Crippen molar-refractivity contribution in [3.63, 3.8) is 0 Å². The van der Waals surface area contributed by atoms with E-state index in [4.69, 9.17) is 14.7 Å². The minimum absolute atomic E-state index is 0.00980. The second-order valence-electron chi connectivity index (χ2n) is 10.1. The minimum atomic E-state index is -0.157. The molecule has 2 aliphatic rings. The Labute approximate surface area is 187 Å². The first kappa shape index (κ1) is 23.9. The number of nitrogens with one attached hydrogen (secondary N) is 1. The number of hydrogen-bond donors (Lipinski definition) is 1. The molecule has 1 aromatic rings. The number of morpholine rings is 1.